The molecule has 3 aliphatic carbocycles. The Morgan fingerprint density at radius 3 is 2.50 bits per heavy atom. The van der Waals surface area contributed by atoms with Crippen molar-refractivity contribution in [2.24, 2.45) is 5.41 Å². The SMILES string of the molecule is O=C(COc1ccc(Cl)c(F)c1)CC12CC(Nc3cc(-c4ccc(Cl)cc4)ccn3)(C1)C2. The molecule has 32 heavy (non-hydrogen) atoms. The fourth-order valence-corrected chi connectivity index (χ4v) is 5.35. The number of benzene rings is 2. The first-order valence-corrected chi connectivity index (χ1v) is 11.2. The number of anilines is 1. The molecule has 7 heteroatoms. The van der Waals surface area contributed by atoms with Crippen LogP contribution >= 0.6 is 23.2 Å². The molecule has 6 rings (SSSR count). The zero-order valence-electron chi connectivity index (χ0n) is 17.2. The lowest BCUT2D eigenvalue weighted by molar-refractivity contribution is -0.147. The zero-order chi connectivity index (χ0) is 22.3. The molecular formula is C25H21Cl2FN2O2. The molecule has 0 aliphatic heterocycles. The molecule has 3 saturated carbocycles. The van der Waals surface area contributed by atoms with Gasteiger partial charge >= 0.3 is 0 Å². The summed E-state index contributed by atoms with van der Waals surface area (Å²) in [6.07, 6.45) is 5.09. The fraction of sp³-hybridized carbons (Fsp3) is 0.280. The number of halogens is 3. The van der Waals surface area contributed by atoms with Gasteiger partial charge in [-0.1, -0.05) is 35.3 Å². The maximum absolute atomic E-state index is 13.5. The van der Waals surface area contributed by atoms with Crippen LogP contribution in [0.1, 0.15) is 25.7 Å². The van der Waals surface area contributed by atoms with E-state index >= 15 is 0 Å². The summed E-state index contributed by atoms with van der Waals surface area (Å²) in [5.74, 6) is 0.613. The van der Waals surface area contributed by atoms with E-state index in [2.05, 4.69) is 10.3 Å². The van der Waals surface area contributed by atoms with E-state index in [1.54, 1.807) is 12.3 Å². The van der Waals surface area contributed by atoms with Crippen molar-refractivity contribution >= 4 is 34.8 Å². The minimum absolute atomic E-state index is 0.0199. The quantitative estimate of drug-likeness (QED) is 0.404. The van der Waals surface area contributed by atoms with Crippen molar-refractivity contribution < 1.29 is 13.9 Å². The summed E-state index contributed by atoms with van der Waals surface area (Å²) >= 11 is 11.7. The lowest BCUT2D eigenvalue weighted by Crippen LogP contribution is -2.71. The topological polar surface area (TPSA) is 51.2 Å². The van der Waals surface area contributed by atoms with Gasteiger partial charge in [-0.05, 0) is 72.2 Å². The van der Waals surface area contributed by atoms with Crippen molar-refractivity contribution in [2.45, 2.75) is 31.2 Å². The van der Waals surface area contributed by atoms with Crippen LogP contribution in [-0.2, 0) is 4.79 Å². The highest BCUT2D eigenvalue weighted by atomic mass is 35.5. The van der Waals surface area contributed by atoms with E-state index < -0.39 is 5.82 Å². The summed E-state index contributed by atoms with van der Waals surface area (Å²) in [4.78, 5) is 16.9. The number of rotatable bonds is 8. The molecule has 0 unspecified atom stereocenters. The van der Waals surface area contributed by atoms with Crippen molar-refractivity contribution in [3.05, 3.63) is 76.7 Å². The predicted octanol–water partition coefficient (Wildman–Crippen LogP) is 6.57. The molecule has 0 saturated heterocycles. The molecule has 1 heterocycles. The molecule has 1 aromatic heterocycles. The fourth-order valence-electron chi connectivity index (χ4n) is 5.11. The number of ketones is 1. The summed E-state index contributed by atoms with van der Waals surface area (Å²) in [6.45, 7) is -0.0616. The Labute approximate surface area is 195 Å². The molecule has 0 atom stereocenters. The largest absolute Gasteiger partial charge is 0.486 e. The Morgan fingerprint density at radius 1 is 1.03 bits per heavy atom. The van der Waals surface area contributed by atoms with Gasteiger partial charge in [0, 0.05) is 29.2 Å². The Morgan fingerprint density at radius 2 is 1.78 bits per heavy atom. The molecule has 3 aromatic rings. The lowest BCUT2D eigenvalue weighted by atomic mass is 9.38. The molecule has 4 nitrogen and oxygen atoms in total. The van der Waals surface area contributed by atoms with Gasteiger partial charge in [0.25, 0.3) is 0 Å². The van der Waals surface area contributed by atoms with Crippen molar-refractivity contribution in [3.8, 4) is 16.9 Å². The maximum Gasteiger partial charge on any atom is 0.170 e. The average Bonchev–Trinajstić information content (AvgIpc) is 2.73. The van der Waals surface area contributed by atoms with Crippen molar-refractivity contribution in [1.82, 2.24) is 4.98 Å². The summed E-state index contributed by atoms with van der Waals surface area (Å²) in [5, 5.41) is 4.32. The van der Waals surface area contributed by atoms with Crippen LogP contribution in [0.15, 0.2) is 60.8 Å². The zero-order valence-corrected chi connectivity index (χ0v) is 18.7. The number of pyridine rings is 1. The third kappa shape index (κ3) is 4.19. The molecule has 0 amide bonds. The Bertz CT molecular complexity index is 1160. The van der Waals surface area contributed by atoms with Gasteiger partial charge < -0.3 is 10.1 Å². The average molecular weight is 471 g/mol. The summed E-state index contributed by atoms with van der Waals surface area (Å²) in [5.41, 5.74) is 2.23. The number of hydrogen-bond donors (Lipinski definition) is 1. The standard InChI is InChI=1S/C25H21Cl2FN2O2/c26-18-3-1-16(2-4-18)17-7-8-29-23(9-17)30-25-13-24(14-25,15-25)11-19(31)12-32-20-5-6-21(27)22(28)10-20/h1-10H,11-15H2,(H,29,30). The molecule has 2 aromatic carbocycles. The van der Waals surface area contributed by atoms with Crippen LogP contribution in [0, 0.1) is 11.2 Å². The van der Waals surface area contributed by atoms with Crippen LogP contribution < -0.4 is 10.1 Å². The highest BCUT2D eigenvalue weighted by Crippen LogP contribution is 2.70. The number of carbonyl (C=O) groups excluding carboxylic acids is 1. The van der Waals surface area contributed by atoms with Gasteiger partial charge in [0.05, 0.1) is 5.02 Å². The minimum atomic E-state index is -0.558. The predicted molar refractivity (Wildman–Crippen MR) is 124 cm³/mol. The van der Waals surface area contributed by atoms with Gasteiger partial charge in [0.2, 0.25) is 0 Å². The molecular weight excluding hydrogens is 450 g/mol. The number of carbonyl (C=O) groups is 1. The summed E-state index contributed by atoms with van der Waals surface area (Å²) in [6, 6.07) is 15.9. The molecule has 164 valence electrons. The second-order valence-electron chi connectivity index (χ2n) is 8.95. The molecule has 3 fully saturated rings. The molecule has 1 N–H and O–H groups in total. The third-order valence-corrected chi connectivity index (χ3v) is 6.89. The molecule has 0 radical (unpaired) electrons. The van der Waals surface area contributed by atoms with Crippen molar-refractivity contribution in [1.29, 1.82) is 0 Å². The lowest BCUT2D eigenvalue weighted by Gasteiger charge is -2.71. The van der Waals surface area contributed by atoms with Gasteiger partial charge in [-0.2, -0.15) is 0 Å². The molecule has 3 aliphatic rings. The number of aromatic nitrogens is 1. The highest BCUT2D eigenvalue weighted by molar-refractivity contribution is 6.31. The first-order valence-electron chi connectivity index (χ1n) is 10.4. The van der Waals surface area contributed by atoms with Crippen LogP contribution in [0.4, 0.5) is 10.2 Å². The maximum atomic E-state index is 13.5. The Hall–Kier alpha value is -2.63. The normalized spacial score (nSPS) is 23.1. The Balaban J connectivity index is 1.13. The highest BCUT2D eigenvalue weighted by Gasteiger charge is 2.68. The summed E-state index contributed by atoms with van der Waals surface area (Å²) < 4.78 is 18.9. The van der Waals surface area contributed by atoms with Crippen LogP contribution in [0.5, 0.6) is 5.75 Å². The van der Waals surface area contributed by atoms with E-state index in [1.165, 1.54) is 12.1 Å². The Kier molecular flexibility index (Phi) is 5.34. The van der Waals surface area contributed by atoms with E-state index in [-0.39, 0.29) is 28.4 Å². The number of hydrogen-bond acceptors (Lipinski definition) is 4. The number of Topliss-reactive ketones (excluding diaryl/α,β-unsaturated/α-hetero) is 1. The number of nitrogens with one attached hydrogen (secondary N) is 1. The van der Waals surface area contributed by atoms with Crippen molar-refractivity contribution in [3.63, 3.8) is 0 Å². The van der Waals surface area contributed by atoms with Gasteiger partial charge in [0.1, 0.15) is 24.0 Å². The number of nitrogens with zero attached hydrogens (tertiary/aromatic N) is 1. The van der Waals surface area contributed by atoms with Gasteiger partial charge in [0.15, 0.2) is 5.78 Å². The summed E-state index contributed by atoms with van der Waals surface area (Å²) in [7, 11) is 0. The van der Waals surface area contributed by atoms with Gasteiger partial charge in [-0.3, -0.25) is 4.79 Å². The minimum Gasteiger partial charge on any atom is -0.486 e. The second-order valence-corrected chi connectivity index (χ2v) is 9.80. The van der Waals surface area contributed by atoms with Crippen LogP contribution in [0.3, 0.4) is 0 Å². The molecule has 0 spiro atoms. The second kappa shape index (κ2) is 8.05. The first-order chi connectivity index (χ1) is 15.3. The first kappa shape index (κ1) is 21.2. The van der Waals surface area contributed by atoms with E-state index in [0.29, 0.717) is 17.2 Å². The van der Waals surface area contributed by atoms with E-state index in [1.807, 2.05) is 36.4 Å². The van der Waals surface area contributed by atoms with Gasteiger partial charge in [-0.15, -0.1) is 0 Å². The van der Waals surface area contributed by atoms with Crippen molar-refractivity contribution in [2.75, 3.05) is 11.9 Å². The van der Waals surface area contributed by atoms with E-state index in [9.17, 15) is 9.18 Å². The number of ether oxygens (including phenoxy) is 1. The third-order valence-electron chi connectivity index (χ3n) is 6.33. The van der Waals surface area contributed by atoms with Crippen LogP contribution in [0.2, 0.25) is 10.0 Å². The van der Waals surface area contributed by atoms with E-state index in [4.69, 9.17) is 27.9 Å². The monoisotopic (exact) mass is 470 g/mol. The van der Waals surface area contributed by atoms with E-state index in [0.717, 1.165) is 36.2 Å². The molecule has 2 bridgehead atoms. The van der Waals surface area contributed by atoms with Gasteiger partial charge in [-0.25, -0.2) is 9.37 Å². The van der Waals surface area contributed by atoms with Crippen LogP contribution in [-0.4, -0.2) is 22.9 Å². The van der Waals surface area contributed by atoms with Crippen LogP contribution in [0.25, 0.3) is 11.1 Å². The smallest absolute Gasteiger partial charge is 0.170 e.